The van der Waals surface area contributed by atoms with E-state index in [-0.39, 0.29) is 5.91 Å². The van der Waals surface area contributed by atoms with E-state index in [4.69, 9.17) is 9.47 Å². The van der Waals surface area contributed by atoms with Crippen LogP contribution in [0.4, 0.5) is 5.69 Å². The number of carbonyl (C=O) groups is 1. The third-order valence-corrected chi connectivity index (χ3v) is 4.41. The average molecular weight is 432 g/mol. The Morgan fingerprint density at radius 3 is 2.59 bits per heavy atom. The molecule has 2 rings (SSSR count). The van der Waals surface area contributed by atoms with Crippen LogP contribution in [0.1, 0.15) is 43.0 Å². The van der Waals surface area contributed by atoms with E-state index >= 15 is 0 Å². The van der Waals surface area contributed by atoms with Gasteiger partial charge in [-0.15, -0.1) is 0 Å². The monoisotopic (exact) mass is 431 g/mol. The van der Waals surface area contributed by atoms with Gasteiger partial charge in [0.1, 0.15) is 18.1 Å². The first-order chi connectivity index (χ1) is 13.1. The molecule has 0 saturated heterocycles. The molecule has 0 saturated carbocycles. The third kappa shape index (κ3) is 7.10. The SMILES string of the molecule is C=CCOc1ccc(NC(=O)c2cc(Br)ccc2OCCCCCC)cc1. The first-order valence-electron chi connectivity index (χ1n) is 9.21. The van der Waals surface area contributed by atoms with E-state index in [0.717, 1.165) is 23.1 Å². The number of anilines is 1. The first kappa shape index (κ1) is 21.0. The first-order valence-corrected chi connectivity index (χ1v) is 10.0. The number of hydrogen-bond acceptors (Lipinski definition) is 3. The molecule has 0 fully saturated rings. The Morgan fingerprint density at radius 1 is 1.11 bits per heavy atom. The van der Waals surface area contributed by atoms with Crippen LogP contribution < -0.4 is 14.8 Å². The minimum Gasteiger partial charge on any atom is -0.493 e. The van der Waals surface area contributed by atoms with Gasteiger partial charge in [0, 0.05) is 10.2 Å². The zero-order valence-corrected chi connectivity index (χ0v) is 17.3. The summed E-state index contributed by atoms with van der Waals surface area (Å²) in [6, 6.07) is 12.7. The number of nitrogens with one attached hydrogen (secondary N) is 1. The van der Waals surface area contributed by atoms with Crippen LogP contribution in [-0.4, -0.2) is 19.1 Å². The fourth-order valence-corrected chi connectivity index (χ4v) is 2.87. The molecule has 27 heavy (non-hydrogen) atoms. The molecule has 0 radical (unpaired) electrons. The van der Waals surface area contributed by atoms with Gasteiger partial charge in [0.15, 0.2) is 0 Å². The van der Waals surface area contributed by atoms with Crippen molar-refractivity contribution in [2.24, 2.45) is 0 Å². The van der Waals surface area contributed by atoms with Gasteiger partial charge in [-0.25, -0.2) is 0 Å². The molecule has 0 bridgehead atoms. The highest BCUT2D eigenvalue weighted by molar-refractivity contribution is 9.10. The number of rotatable bonds is 11. The number of benzene rings is 2. The van der Waals surface area contributed by atoms with E-state index in [0.29, 0.717) is 30.2 Å². The van der Waals surface area contributed by atoms with Crippen molar-refractivity contribution in [2.75, 3.05) is 18.5 Å². The van der Waals surface area contributed by atoms with Gasteiger partial charge in [-0.3, -0.25) is 4.79 Å². The Bertz CT molecular complexity index is 744. The van der Waals surface area contributed by atoms with Crippen molar-refractivity contribution in [1.29, 1.82) is 0 Å². The topological polar surface area (TPSA) is 47.6 Å². The van der Waals surface area contributed by atoms with Crippen LogP contribution in [0, 0.1) is 0 Å². The van der Waals surface area contributed by atoms with Gasteiger partial charge in [-0.05, 0) is 48.9 Å². The van der Waals surface area contributed by atoms with E-state index in [2.05, 4.69) is 34.7 Å². The number of unbranched alkanes of at least 4 members (excludes halogenated alkanes) is 3. The Balaban J connectivity index is 2.01. The molecule has 0 atom stereocenters. The largest absolute Gasteiger partial charge is 0.493 e. The zero-order chi connectivity index (χ0) is 19.5. The lowest BCUT2D eigenvalue weighted by molar-refractivity contribution is 0.102. The molecule has 0 aliphatic rings. The van der Waals surface area contributed by atoms with Crippen molar-refractivity contribution in [3.63, 3.8) is 0 Å². The fourth-order valence-electron chi connectivity index (χ4n) is 2.50. The van der Waals surface area contributed by atoms with Crippen molar-refractivity contribution in [3.8, 4) is 11.5 Å². The summed E-state index contributed by atoms with van der Waals surface area (Å²) in [4.78, 5) is 12.7. The molecule has 1 amide bonds. The molecule has 0 unspecified atom stereocenters. The second-order valence-corrected chi connectivity index (χ2v) is 7.04. The molecular weight excluding hydrogens is 406 g/mol. The van der Waals surface area contributed by atoms with Gasteiger partial charge in [0.2, 0.25) is 0 Å². The van der Waals surface area contributed by atoms with Crippen LogP contribution >= 0.6 is 15.9 Å². The predicted octanol–water partition coefficient (Wildman–Crippen LogP) is 6.23. The fraction of sp³-hybridized carbons (Fsp3) is 0.318. The van der Waals surface area contributed by atoms with Crippen LogP contribution in [0.25, 0.3) is 0 Å². The van der Waals surface area contributed by atoms with E-state index in [1.165, 1.54) is 12.8 Å². The maximum absolute atomic E-state index is 12.7. The van der Waals surface area contributed by atoms with Crippen LogP contribution in [0.15, 0.2) is 59.6 Å². The van der Waals surface area contributed by atoms with Crippen LogP contribution in [-0.2, 0) is 0 Å². The average Bonchev–Trinajstić information content (AvgIpc) is 2.68. The lowest BCUT2D eigenvalue weighted by Crippen LogP contribution is -2.14. The summed E-state index contributed by atoms with van der Waals surface area (Å²) in [5.74, 6) is 1.12. The molecule has 0 aromatic heterocycles. The highest BCUT2D eigenvalue weighted by Gasteiger charge is 2.14. The van der Waals surface area contributed by atoms with Gasteiger partial charge >= 0.3 is 0 Å². The maximum Gasteiger partial charge on any atom is 0.259 e. The number of hydrogen-bond donors (Lipinski definition) is 1. The molecule has 144 valence electrons. The quantitative estimate of drug-likeness (QED) is 0.339. The standard InChI is InChI=1S/C22H26BrNO3/c1-3-5-6-7-15-27-21-13-8-17(23)16-20(21)22(25)24-18-9-11-19(12-10-18)26-14-4-2/h4,8-13,16H,2-3,5-7,14-15H2,1H3,(H,24,25). The molecule has 0 spiro atoms. The minimum absolute atomic E-state index is 0.209. The van der Waals surface area contributed by atoms with Crippen LogP contribution in [0.2, 0.25) is 0 Å². The highest BCUT2D eigenvalue weighted by Crippen LogP contribution is 2.25. The normalized spacial score (nSPS) is 10.3. The summed E-state index contributed by atoms with van der Waals surface area (Å²) in [7, 11) is 0. The van der Waals surface area contributed by atoms with E-state index < -0.39 is 0 Å². The molecule has 4 nitrogen and oxygen atoms in total. The number of amides is 1. The summed E-state index contributed by atoms with van der Waals surface area (Å²) in [6.45, 7) is 6.85. The van der Waals surface area contributed by atoms with Gasteiger partial charge in [0.05, 0.1) is 12.2 Å². The van der Waals surface area contributed by atoms with Gasteiger partial charge < -0.3 is 14.8 Å². The second kappa shape index (κ2) is 11.4. The van der Waals surface area contributed by atoms with E-state index in [9.17, 15) is 4.79 Å². The smallest absolute Gasteiger partial charge is 0.259 e. The minimum atomic E-state index is -0.209. The van der Waals surface area contributed by atoms with E-state index in [1.54, 1.807) is 24.3 Å². The van der Waals surface area contributed by atoms with Gasteiger partial charge in [0.25, 0.3) is 5.91 Å². The third-order valence-electron chi connectivity index (χ3n) is 3.92. The summed E-state index contributed by atoms with van der Waals surface area (Å²) in [6.07, 6.45) is 6.19. The lowest BCUT2D eigenvalue weighted by Gasteiger charge is -2.13. The summed E-state index contributed by atoms with van der Waals surface area (Å²) in [5, 5.41) is 2.90. The number of carbonyl (C=O) groups excluding carboxylic acids is 1. The highest BCUT2D eigenvalue weighted by atomic mass is 79.9. The Hall–Kier alpha value is -2.27. The summed E-state index contributed by atoms with van der Waals surface area (Å²) in [5.41, 5.74) is 1.20. The molecule has 2 aromatic carbocycles. The van der Waals surface area contributed by atoms with E-state index in [1.807, 2.05) is 24.3 Å². The molecule has 1 N–H and O–H groups in total. The Labute approximate surface area is 169 Å². The Kier molecular flexibility index (Phi) is 8.92. The van der Waals surface area contributed by atoms with Crippen molar-refractivity contribution < 1.29 is 14.3 Å². The van der Waals surface area contributed by atoms with Crippen LogP contribution in [0.5, 0.6) is 11.5 Å². The van der Waals surface area contributed by atoms with Crippen molar-refractivity contribution in [1.82, 2.24) is 0 Å². The molecule has 5 heteroatoms. The zero-order valence-electron chi connectivity index (χ0n) is 15.7. The van der Waals surface area contributed by atoms with Gasteiger partial charge in [-0.1, -0.05) is 54.8 Å². The molecule has 0 heterocycles. The van der Waals surface area contributed by atoms with Crippen molar-refractivity contribution >= 4 is 27.5 Å². The van der Waals surface area contributed by atoms with Crippen molar-refractivity contribution in [2.45, 2.75) is 32.6 Å². The molecule has 0 aliphatic heterocycles. The predicted molar refractivity (Wildman–Crippen MR) is 114 cm³/mol. The molecule has 2 aromatic rings. The summed E-state index contributed by atoms with van der Waals surface area (Å²) < 4.78 is 12.1. The second-order valence-electron chi connectivity index (χ2n) is 6.13. The Morgan fingerprint density at radius 2 is 1.89 bits per heavy atom. The molecular formula is C22H26BrNO3. The van der Waals surface area contributed by atoms with Gasteiger partial charge in [-0.2, -0.15) is 0 Å². The number of halogens is 1. The lowest BCUT2D eigenvalue weighted by atomic mass is 10.1. The van der Waals surface area contributed by atoms with Crippen molar-refractivity contribution in [3.05, 3.63) is 65.2 Å². The maximum atomic E-state index is 12.7. The van der Waals surface area contributed by atoms with Crippen LogP contribution in [0.3, 0.4) is 0 Å². The molecule has 0 aliphatic carbocycles. The number of ether oxygens (including phenoxy) is 2. The summed E-state index contributed by atoms with van der Waals surface area (Å²) >= 11 is 3.43.